The molecule has 0 bridgehead atoms. The van der Waals surface area contributed by atoms with Crippen molar-refractivity contribution in [1.82, 2.24) is 19.5 Å². The molecule has 0 atom stereocenters. The van der Waals surface area contributed by atoms with Crippen LogP contribution < -0.4 is 17.6 Å². The summed E-state index contributed by atoms with van der Waals surface area (Å²) in [7, 11) is 0. The Morgan fingerprint density at radius 1 is 0.328 bits per heavy atom. The molecular formula is C59H44GeN4. The summed E-state index contributed by atoms with van der Waals surface area (Å²) in [5.74, 6) is 1.89. The van der Waals surface area contributed by atoms with Crippen molar-refractivity contribution in [2.45, 2.75) is 13.8 Å². The molecule has 0 aliphatic carbocycles. The van der Waals surface area contributed by atoms with E-state index >= 15 is 0 Å². The third-order valence-corrected chi connectivity index (χ3v) is 22.6. The average Bonchev–Trinajstić information content (AvgIpc) is 3.68. The minimum absolute atomic E-state index is 0.620. The molecule has 0 spiro atoms. The van der Waals surface area contributed by atoms with Crippen molar-refractivity contribution >= 4 is 52.7 Å². The molecule has 0 aliphatic rings. The third kappa shape index (κ3) is 6.93. The second kappa shape index (κ2) is 16.6. The summed E-state index contributed by atoms with van der Waals surface area (Å²) in [5.41, 5.74) is 10.9. The summed E-state index contributed by atoms with van der Waals surface area (Å²) in [6.07, 6.45) is 0. The molecule has 11 aromatic rings. The number of aromatic nitrogens is 4. The topological polar surface area (TPSA) is 43.6 Å². The molecule has 11 rings (SSSR count). The van der Waals surface area contributed by atoms with Gasteiger partial charge in [-0.1, -0.05) is 60.7 Å². The van der Waals surface area contributed by atoms with Gasteiger partial charge in [0.2, 0.25) is 0 Å². The monoisotopic (exact) mass is 882 g/mol. The number of rotatable bonds is 9. The Morgan fingerprint density at radius 2 is 0.703 bits per heavy atom. The van der Waals surface area contributed by atoms with E-state index in [2.05, 4.69) is 213 Å². The maximum atomic E-state index is 5.17. The molecule has 4 nitrogen and oxygen atoms in total. The maximum absolute atomic E-state index is 5.17. The summed E-state index contributed by atoms with van der Waals surface area (Å²) >= 11 is -3.48. The van der Waals surface area contributed by atoms with Gasteiger partial charge in [0.05, 0.1) is 0 Å². The van der Waals surface area contributed by atoms with Gasteiger partial charge in [0.1, 0.15) is 0 Å². The first-order valence-corrected chi connectivity index (χ1v) is 26.0. The average molecular weight is 882 g/mol. The van der Waals surface area contributed by atoms with Crippen LogP contribution in [-0.4, -0.2) is 32.8 Å². The van der Waals surface area contributed by atoms with Crippen molar-refractivity contribution in [3.05, 3.63) is 242 Å². The normalized spacial score (nSPS) is 11.6. The number of nitrogens with zero attached hydrogens (tertiary/aromatic N) is 4. The summed E-state index contributed by atoms with van der Waals surface area (Å²) in [6, 6.07) is 83.7. The van der Waals surface area contributed by atoms with Crippen LogP contribution in [0.25, 0.3) is 72.8 Å². The van der Waals surface area contributed by atoms with Crippen LogP contribution in [0.5, 0.6) is 0 Å². The standard InChI is InChI=1S/C59H44GeN4/c1-41-28-36-54-52(38-41)53-39-42(2)29-37-55(53)64(54)56-40-46(59-62-57(44-18-8-3-9-19-44)61-58(63-59)45-20-10-4-11-21-45)32-35-51(56)43-30-33-50(34-31-43)60(47-22-12-5-13-23-47,48-24-14-6-15-25-48)49-26-16-7-17-27-49/h3-40H,1-2H3. The Labute approximate surface area is 376 Å². The van der Waals surface area contributed by atoms with Gasteiger partial charge in [0.15, 0.2) is 0 Å². The SMILES string of the molecule is Cc1ccc2c(c1)c1cc(C)ccc1n2-c1cc(-c2nc(-c3ccccc3)nc(-c3ccccc3)n2)ccc1-c1cc[c]([Ge]([c]2ccccc2)([c]2ccccc2)[c]2ccccc2)cc1. The van der Waals surface area contributed by atoms with E-state index in [0.717, 1.165) is 44.5 Å². The van der Waals surface area contributed by atoms with Gasteiger partial charge in [-0.05, 0) is 0 Å². The zero-order chi connectivity index (χ0) is 43.0. The first kappa shape index (κ1) is 39.2. The molecular weight excluding hydrogens is 837 g/mol. The van der Waals surface area contributed by atoms with Gasteiger partial charge < -0.3 is 0 Å². The van der Waals surface area contributed by atoms with Gasteiger partial charge in [-0.3, -0.25) is 0 Å². The van der Waals surface area contributed by atoms with Crippen LogP contribution in [0.1, 0.15) is 11.1 Å². The van der Waals surface area contributed by atoms with Crippen LogP contribution in [-0.2, 0) is 0 Å². The first-order chi connectivity index (χ1) is 31.5. The fourth-order valence-electron chi connectivity index (χ4n) is 9.51. The molecule has 0 unspecified atom stereocenters. The Bertz CT molecular complexity index is 3210. The zero-order valence-electron chi connectivity index (χ0n) is 35.7. The van der Waals surface area contributed by atoms with Crippen molar-refractivity contribution < 1.29 is 0 Å². The Balaban J connectivity index is 1.15. The van der Waals surface area contributed by atoms with E-state index in [4.69, 9.17) is 15.0 Å². The molecule has 0 radical (unpaired) electrons. The summed E-state index contributed by atoms with van der Waals surface area (Å²) in [4.78, 5) is 15.3. The van der Waals surface area contributed by atoms with Gasteiger partial charge in [-0.15, -0.1) is 0 Å². The summed E-state index contributed by atoms with van der Waals surface area (Å²) in [5, 5.41) is 2.46. The molecule has 5 heteroatoms. The first-order valence-electron chi connectivity index (χ1n) is 21.9. The Kier molecular flexibility index (Phi) is 10.1. The van der Waals surface area contributed by atoms with Crippen LogP contribution in [0.4, 0.5) is 0 Å². The van der Waals surface area contributed by atoms with E-state index < -0.39 is 13.3 Å². The van der Waals surface area contributed by atoms with E-state index in [1.54, 1.807) is 0 Å². The Hall–Kier alpha value is -7.67. The number of fused-ring (bicyclic) bond motifs is 3. The predicted octanol–water partition coefficient (Wildman–Crippen LogP) is 11.6. The molecule has 304 valence electrons. The van der Waals surface area contributed by atoms with Gasteiger partial charge in [0, 0.05) is 0 Å². The fraction of sp³-hybridized carbons (Fsp3) is 0.0339. The molecule has 0 amide bonds. The quantitative estimate of drug-likeness (QED) is 0.136. The van der Waals surface area contributed by atoms with Gasteiger partial charge in [-0.2, -0.15) is 0 Å². The van der Waals surface area contributed by atoms with Crippen LogP contribution in [0.15, 0.2) is 231 Å². The van der Waals surface area contributed by atoms with Crippen molar-refractivity contribution in [2.75, 3.05) is 0 Å². The van der Waals surface area contributed by atoms with Crippen LogP contribution in [0, 0.1) is 13.8 Å². The van der Waals surface area contributed by atoms with Gasteiger partial charge in [-0.25, -0.2) is 0 Å². The molecule has 0 saturated carbocycles. The van der Waals surface area contributed by atoms with Crippen molar-refractivity contribution in [3.8, 4) is 51.0 Å². The van der Waals surface area contributed by atoms with E-state index in [9.17, 15) is 0 Å². The van der Waals surface area contributed by atoms with E-state index in [1.807, 2.05) is 36.4 Å². The predicted molar refractivity (Wildman–Crippen MR) is 269 cm³/mol. The fourth-order valence-corrected chi connectivity index (χ4v) is 19.5. The number of benzene rings is 9. The van der Waals surface area contributed by atoms with E-state index in [0.29, 0.717) is 17.5 Å². The van der Waals surface area contributed by atoms with E-state index in [1.165, 1.54) is 39.5 Å². The van der Waals surface area contributed by atoms with Crippen LogP contribution >= 0.6 is 0 Å². The molecule has 9 aromatic carbocycles. The minimum atomic E-state index is -3.48. The second-order valence-electron chi connectivity index (χ2n) is 16.6. The molecule has 0 N–H and O–H groups in total. The van der Waals surface area contributed by atoms with Crippen LogP contribution in [0.2, 0.25) is 0 Å². The van der Waals surface area contributed by atoms with Crippen molar-refractivity contribution in [3.63, 3.8) is 0 Å². The molecule has 2 heterocycles. The molecule has 0 saturated heterocycles. The molecule has 0 aliphatic heterocycles. The van der Waals surface area contributed by atoms with Crippen molar-refractivity contribution in [2.24, 2.45) is 0 Å². The summed E-state index contributed by atoms with van der Waals surface area (Å²) < 4.78 is 8.01. The van der Waals surface area contributed by atoms with E-state index in [-0.39, 0.29) is 0 Å². The molecule has 2 aromatic heterocycles. The van der Waals surface area contributed by atoms with Crippen LogP contribution in [0.3, 0.4) is 0 Å². The zero-order valence-corrected chi connectivity index (χ0v) is 37.8. The molecule has 64 heavy (non-hydrogen) atoms. The molecule has 0 fully saturated rings. The van der Waals surface area contributed by atoms with Gasteiger partial charge in [0.25, 0.3) is 0 Å². The van der Waals surface area contributed by atoms with Crippen molar-refractivity contribution in [1.29, 1.82) is 0 Å². The third-order valence-electron chi connectivity index (χ3n) is 12.5. The summed E-state index contributed by atoms with van der Waals surface area (Å²) in [6.45, 7) is 4.35. The number of hydrogen-bond acceptors (Lipinski definition) is 3. The van der Waals surface area contributed by atoms with Gasteiger partial charge >= 0.3 is 318 Å². The number of aryl methyl sites for hydroxylation is 2. The Morgan fingerprint density at radius 3 is 1.14 bits per heavy atom. The second-order valence-corrected chi connectivity index (χ2v) is 24.6. The number of hydrogen-bond donors (Lipinski definition) is 0.